The molecule has 1 N–H and O–H groups in total. The van der Waals surface area contributed by atoms with Crippen LogP contribution in [0.5, 0.6) is 17.2 Å². The zero-order valence-corrected chi connectivity index (χ0v) is 23.0. The maximum atomic E-state index is 11.2. The molecule has 2 aromatic carbocycles. The molecule has 0 spiro atoms. The first-order chi connectivity index (χ1) is 17.9. The summed E-state index contributed by atoms with van der Waals surface area (Å²) in [6.07, 6.45) is 6.87. The van der Waals surface area contributed by atoms with Crippen molar-refractivity contribution in [2.24, 2.45) is 0 Å². The second-order valence-corrected chi connectivity index (χ2v) is 10.3. The summed E-state index contributed by atoms with van der Waals surface area (Å²) in [5, 5.41) is 12.1. The van der Waals surface area contributed by atoms with Gasteiger partial charge in [-0.3, -0.25) is 4.90 Å². The molecule has 9 heteroatoms. The third-order valence-corrected chi connectivity index (χ3v) is 7.49. The number of methoxy groups -OCH3 is 1. The van der Waals surface area contributed by atoms with Crippen LogP contribution in [-0.2, 0) is 19.5 Å². The van der Waals surface area contributed by atoms with Crippen molar-refractivity contribution < 1.29 is 19.3 Å². The Kier molecular flexibility index (Phi) is 9.60. The molecule has 0 amide bonds. The zero-order valence-electron chi connectivity index (χ0n) is 21.5. The van der Waals surface area contributed by atoms with E-state index < -0.39 is 5.60 Å². The van der Waals surface area contributed by atoms with E-state index >= 15 is 0 Å². The molecule has 0 saturated carbocycles. The molecule has 200 valence electrons. The molecule has 3 aromatic rings. The Bertz CT molecular complexity index is 1170. The molecule has 37 heavy (non-hydrogen) atoms. The van der Waals surface area contributed by atoms with Gasteiger partial charge in [-0.15, -0.1) is 0 Å². The van der Waals surface area contributed by atoms with Gasteiger partial charge in [-0.1, -0.05) is 36.2 Å². The maximum absolute atomic E-state index is 11.2. The number of aliphatic hydroxyl groups is 1. The maximum Gasteiger partial charge on any atom is 0.161 e. The van der Waals surface area contributed by atoms with E-state index in [2.05, 4.69) is 27.4 Å². The highest BCUT2D eigenvalue weighted by Gasteiger charge is 2.31. The van der Waals surface area contributed by atoms with Crippen LogP contribution >= 0.6 is 23.2 Å². The molecular weight excluding hydrogens is 513 g/mol. The lowest BCUT2D eigenvalue weighted by atomic mass is 9.96. The van der Waals surface area contributed by atoms with Gasteiger partial charge < -0.3 is 23.9 Å². The molecule has 0 unspecified atom stereocenters. The Morgan fingerprint density at radius 2 is 1.89 bits per heavy atom. The van der Waals surface area contributed by atoms with Crippen LogP contribution in [0.3, 0.4) is 0 Å². The van der Waals surface area contributed by atoms with Crippen molar-refractivity contribution in [3.63, 3.8) is 0 Å². The molecule has 7 nitrogen and oxygen atoms in total. The predicted molar refractivity (Wildman–Crippen MR) is 146 cm³/mol. The Balaban J connectivity index is 1.29. The molecule has 1 fully saturated rings. The third-order valence-electron chi connectivity index (χ3n) is 6.75. The van der Waals surface area contributed by atoms with E-state index in [0.29, 0.717) is 35.2 Å². The third kappa shape index (κ3) is 7.54. The Labute approximate surface area is 228 Å². The van der Waals surface area contributed by atoms with E-state index in [1.165, 1.54) is 0 Å². The molecule has 1 saturated heterocycles. The van der Waals surface area contributed by atoms with Gasteiger partial charge in [-0.2, -0.15) is 0 Å². The van der Waals surface area contributed by atoms with Gasteiger partial charge in [0.1, 0.15) is 24.8 Å². The van der Waals surface area contributed by atoms with E-state index in [1.54, 1.807) is 25.3 Å². The van der Waals surface area contributed by atoms with Gasteiger partial charge in [0.15, 0.2) is 11.5 Å². The minimum Gasteiger partial charge on any atom is -0.493 e. The largest absolute Gasteiger partial charge is 0.493 e. The highest BCUT2D eigenvalue weighted by atomic mass is 35.5. The van der Waals surface area contributed by atoms with Crippen molar-refractivity contribution in [2.75, 3.05) is 33.4 Å². The van der Waals surface area contributed by atoms with Gasteiger partial charge in [0.2, 0.25) is 0 Å². The van der Waals surface area contributed by atoms with E-state index in [-0.39, 0.29) is 6.61 Å². The normalized spacial score (nSPS) is 18.4. The van der Waals surface area contributed by atoms with Crippen LogP contribution in [0.15, 0.2) is 48.8 Å². The number of aryl methyl sites for hydroxylation is 1. The summed E-state index contributed by atoms with van der Waals surface area (Å²) < 4.78 is 19.6. The Morgan fingerprint density at radius 1 is 1.03 bits per heavy atom. The molecule has 1 aliphatic rings. The first-order valence-corrected chi connectivity index (χ1v) is 13.5. The molecular formula is C28H35Cl2N3O4. The van der Waals surface area contributed by atoms with Gasteiger partial charge in [0.25, 0.3) is 0 Å². The average Bonchev–Trinajstić information content (AvgIpc) is 3.28. The first-order valence-electron chi connectivity index (χ1n) is 12.7. The fourth-order valence-corrected chi connectivity index (χ4v) is 4.91. The molecule has 0 radical (unpaired) electrons. The zero-order chi connectivity index (χ0) is 26.3. The number of ether oxygens (including phenoxy) is 3. The van der Waals surface area contributed by atoms with Crippen molar-refractivity contribution in [3.8, 4) is 17.2 Å². The van der Waals surface area contributed by atoms with Gasteiger partial charge in [0, 0.05) is 38.0 Å². The molecule has 2 heterocycles. The SMILES string of the molecule is CCc1nccn1CCOc1ccc(CN2CCC[C@@](O)(COc3ccc(Cl)c(Cl)c3)CC2)cc1OC. The number of aromatic nitrogens is 2. The van der Waals surface area contributed by atoms with Crippen LogP contribution in [0, 0.1) is 0 Å². The van der Waals surface area contributed by atoms with Crippen LogP contribution in [-0.4, -0.2) is 58.6 Å². The molecule has 1 aromatic heterocycles. The smallest absolute Gasteiger partial charge is 0.161 e. The number of hydrogen-bond acceptors (Lipinski definition) is 6. The molecule has 1 aliphatic heterocycles. The summed E-state index contributed by atoms with van der Waals surface area (Å²) in [6, 6.07) is 11.2. The van der Waals surface area contributed by atoms with Crippen molar-refractivity contribution in [3.05, 3.63) is 70.2 Å². The molecule has 4 rings (SSSR count). The topological polar surface area (TPSA) is 69.0 Å². The van der Waals surface area contributed by atoms with E-state index in [1.807, 2.05) is 24.5 Å². The van der Waals surface area contributed by atoms with Gasteiger partial charge >= 0.3 is 0 Å². The summed E-state index contributed by atoms with van der Waals surface area (Å²) in [5.41, 5.74) is 0.257. The van der Waals surface area contributed by atoms with Crippen LogP contribution in [0.25, 0.3) is 0 Å². The summed E-state index contributed by atoms with van der Waals surface area (Å²) >= 11 is 12.1. The van der Waals surface area contributed by atoms with Crippen LogP contribution in [0.4, 0.5) is 0 Å². The van der Waals surface area contributed by atoms with E-state index in [4.69, 9.17) is 37.4 Å². The number of rotatable bonds is 11. The average molecular weight is 549 g/mol. The fourth-order valence-electron chi connectivity index (χ4n) is 4.62. The van der Waals surface area contributed by atoms with Crippen LogP contribution in [0.2, 0.25) is 10.0 Å². The fraction of sp³-hybridized carbons (Fsp3) is 0.464. The minimum absolute atomic E-state index is 0.220. The molecule has 1 atom stereocenters. The minimum atomic E-state index is -0.886. The lowest BCUT2D eigenvalue weighted by Crippen LogP contribution is -2.37. The van der Waals surface area contributed by atoms with Gasteiger partial charge in [0.05, 0.1) is 29.3 Å². The van der Waals surface area contributed by atoms with Gasteiger partial charge in [-0.25, -0.2) is 4.98 Å². The molecule has 0 bridgehead atoms. The van der Waals surface area contributed by atoms with Crippen molar-refractivity contribution >= 4 is 23.2 Å². The van der Waals surface area contributed by atoms with Crippen molar-refractivity contribution in [2.45, 2.75) is 51.3 Å². The second kappa shape index (κ2) is 12.9. The highest BCUT2D eigenvalue weighted by molar-refractivity contribution is 6.42. The van der Waals surface area contributed by atoms with Crippen LogP contribution < -0.4 is 14.2 Å². The number of halogens is 2. The number of nitrogens with zero attached hydrogens (tertiary/aromatic N) is 3. The quantitative estimate of drug-likeness (QED) is 0.335. The summed E-state index contributed by atoms with van der Waals surface area (Å²) in [4.78, 5) is 6.71. The summed E-state index contributed by atoms with van der Waals surface area (Å²) in [7, 11) is 1.66. The highest BCUT2D eigenvalue weighted by Crippen LogP contribution is 2.31. The summed E-state index contributed by atoms with van der Waals surface area (Å²) in [5.74, 6) is 3.11. The van der Waals surface area contributed by atoms with Crippen LogP contribution in [0.1, 0.15) is 37.6 Å². The second-order valence-electron chi connectivity index (χ2n) is 9.44. The summed E-state index contributed by atoms with van der Waals surface area (Å²) in [6.45, 7) is 6.03. The number of imidazole rings is 1. The van der Waals surface area contributed by atoms with E-state index in [9.17, 15) is 5.11 Å². The Morgan fingerprint density at radius 3 is 2.68 bits per heavy atom. The van der Waals surface area contributed by atoms with Crippen molar-refractivity contribution in [1.29, 1.82) is 0 Å². The standard InChI is InChI=1S/C28H35Cl2N3O4/c1-3-27-31-11-14-33(27)15-16-36-25-8-5-21(17-26(25)35-2)19-32-12-4-9-28(34,10-13-32)20-37-22-6-7-23(29)24(30)18-22/h5-8,11,14,17-18,34H,3-4,9-10,12-13,15-16,19-20H2,1-2H3/t28-/m0/s1. The lowest BCUT2D eigenvalue weighted by Gasteiger charge is -2.27. The number of benzene rings is 2. The van der Waals surface area contributed by atoms with E-state index in [0.717, 1.165) is 61.9 Å². The Hall–Kier alpha value is -2.45. The number of hydrogen-bond donors (Lipinski definition) is 1. The lowest BCUT2D eigenvalue weighted by molar-refractivity contribution is -0.0168. The first kappa shape index (κ1) is 27.6. The van der Waals surface area contributed by atoms with Crippen molar-refractivity contribution in [1.82, 2.24) is 14.5 Å². The monoisotopic (exact) mass is 547 g/mol. The predicted octanol–water partition coefficient (Wildman–Crippen LogP) is 5.64. The molecule has 0 aliphatic carbocycles. The number of likely N-dealkylation sites (tertiary alicyclic amines) is 1. The van der Waals surface area contributed by atoms with Gasteiger partial charge in [-0.05, 0) is 55.6 Å².